The summed E-state index contributed by atoms with van der Waals surface area (Å²) in [5.41, 5.74) is 0.707. The number of ether oxygens (including phenoxy) is 2. The maximum Gasteiger partial charge on any atom is 0.437 e. The largest absolute Gasteiger partial charge is 0.461 e. The molecule has 0 aliphatic carbocycles. The van der Waals surface area contributed by atoms with Gasteiger partial charge in [-0.1, -0.05) is 42.5 Å². The fourth-order valence-corrected chi connectivity index (χ4v) is 3.01. The monoisotopic (exact) mass is 446 g/mol. The second kappa shape index (κ2) is 14.0. The van der Waals surface area contributed by atoms with Gasteiger partial charge in [-0.05, 0) is 51.0 Å². The zero-order valence-electron chi connectivity index (χ0n) is 21.4. The van der Waals surface area contributed by atoms with E-state index in [0.717, 1.165) is 25.7 Å². The standard InChI is InChI=1S/C24H33N3O5/c1-19-13-9-6-4-3-5-7-12-16-21(28)25-23(27(2)17-22(29)32-19)26-24(30)31-18-20-14-10-8-11-15-20/h3-4,8,10-11,14-15,19H,5-7,9,12-13,16-18H2,1-2H3,(H,25,26,28,30)/b4-3+/i2D3. The maximum absolute atomic E-state index is 12.5. The van der Waals surface area contributed by atoms with Crippen LogP contribution in [-0.4, -0.2) is 48.5 Å². The predicted octanol–water partition coefficient (Wildman–Crippen LogP) is 3.96. The lowest BCUT2D eigenvalue weighted by Gasteiger charge is -2.21. The van der Waals surface area contributed by atoms with Gasteiger partial charge in [-0.15, -0.1) is 4.99 Å². The first-order valence-corrected chi connectivity index (χ1v) is 10.9. The first kappa shape index (κ1) is 20.7. The molecule has 0 radical (unpaired) electrons. The molecule has 1 aromatic carbocycles. The summed E-state index contributed by atoms with van der Waals surface area (Å²) in [5, 5.41) is 2.38. The van der Waals surface area contributed by atoms with Crippen molar-refractivity contribution < 1.29 is 28.0 Å². The summed E-state index contributed by atoms with van der Waals surface area (Å²) >= 11 is 0. The van der Waals surface area contributed by atoms with Gasteiger partial charge in [0.2, 0.25) is 11.9 Å². The van der Waals surface area contributed by atoms with Crippen LogP contribution in [0.25, 0.3) is 0 Å². The highest BCUT2D eigenvalue weighted by atomic mass is 16.5. The summed E-state index contributed by atoms with van der Waals surface area (Å²) in [6.45, 7) is -1.98. The van der Waals surface area contributed by atoms with Crippen molar-refractivity contribution in [2.45, 2.75) is 64.6 Å². The number of hydrogen-bond donors (Lipinski definition) is 1. The van der Waals surface area contributed by atoms with Crippen LogP contribution in [0.15, 0.2) is 47.5 Å². The number of carbonyl (C=O) groups is 3. The van der Waals surface area contributed by atoms with Crippen molar-refractivity contribution in [2.24, 2.45) is 4.99 Å². The van der Waals surface area contributed by atoms with Crippen molar-refractivity contribution in [1.29, 1.82) is 0 Å². The number of esters is 1. The second-order valence-corrected chi connectivity index (χ2v) is 7.56. The van der Waals surface area contributed by atoms with E-state index >= 15 is 0 Å². The Kier molecular flexibility index (Phi) is 9.07. The minimum Gasteiger partial charge on any atom is -0.461 e. The van der Waals surface area contributed by atoms with E-state index in [0.29, 0.717) is 23.3 Å². The van der Waals surface area contributed by atoms with Gasteiger partial charge in [0.1, 0.15) is 13.2 Å². The first-order valence-electron chi connectivity index (χ1n) is 12.4. The van der Waals surface area contributed by atoms with Crippen molar-refractivity contribution >= 4 is 23.9 Å². The van der Waals surface area contributed by atoms with Crippen molar-refractivity contribution in [1.82, 2.24) is 10.2 Å². The van der Waals surface area contributed by atoms with Gasteiger partial charge in [-0.2, -0.15) is 0 Å². The summed E-state index contributed by atoms with van der Waals surface area (Å²) in [7, 11) is 0. The van der Waals surface area contributed by atoms with E-state index in [2.05, 4.69) is 22.5 Å². The van der Waals surface area contributed by atoms with Crippen LogP contribution < -0.4 is 5.32 Å². The third kappa shape index (κ3) is 10.2. The Morgan fingerprint density at radius 3 is 2.72 bits per heavy atom. The number of cyclic esters (lactones) is 1. The number of amides is 2. The Morgan fingerprint density at radius 2 is 1.97 bits per heavy atom. The summed E-state index contributed by atoms with van der Waals surface area (Å²) in [4.78, 5) is 41.7. The molecule has 0 saturated heterocycles. The number of nitrogens with zero attached hydrogens (tertiary/aromatic N) is 2. The van der Waals surface area contributed by atoms with Crippen LogP contribution in [0.1, 0.15) is 61.5 Å². The molecule has 32 heavy (non-hydrogen) atoms. The van der Waals surface area contributed by atoms with Crippen molar-refractivity contribution in [3.05, 3.63) is 48.0 Å². The number of carbonyl (C=O) groups excluding carboxylic acids is 3. The molecule has 1 unspecified atom stereocenters. The number of aliphatic imine (C=N–C) groups is 1. The number of likely N-dealkylation sites (N-methyl/N-ethyl adjacent to an activating group) is 1. The third-order valence-electron chi connectivity index (χ3n) is 4.70. The van der Waals surface area contributed by atoms with Crippen LogP contribution in [0.5, 0.6) is 0 Å². The van der Waals surface area contributed by atoms with E-state index < -0.39 is 43.6 Å². The normalized spacial score (nSPS) is 23.7. The zero-order valence-corrected chi connectivity index (χ0v) is 18.4. The SMILES string of the molecule is [2H]C([2H])([2H])N1CC(=O)OC(C)CCC/C=C/CCCCC(=O)NC1=NC(=O)OCc1ccccc1. The molecule has 0 saturated carbocycles. The predicted molar refractivity (Wildman–Crippen MR) is 122 cm³/mol. The smallest absolute Gasteiger partial charge is 0.437 e. The Morgan fingerprint density at radius 1 is 1.22 bits per heavy atom. The molecule has 8 nitrogen and oxygen atoms in total. The van der Waals surface area contributed by atoms with Crippen molar-refractivity contribution in [3.8, 4) is 0 Å². The van der Waals surface area contributed by atoms with E-state index in [1.54, 1.807) is 31.2 Å². The molecule has 0 spiro atoms. The molecular formula is C24H33N3O5. The van der Waals surface area contributed by atoms with Crippen molar-refractivity contribution in [2.75, 3.05) is 13.5 Å². The van der Waals surface area contributed by atoms with Gasteiger partial charge in [0.05, 0.1) is 6.10 Å². The highest BCUT2D eigenvalue weighted by Gasteiger charge is 2.18. The van der Waals surface area contributed by atoms with E-state index in [1.807, 2.05) is 6.07 Å². The molecule has 0 aromatic heterocycles. The van der Waals surface area contributed by atoms with E-state index in [-0.39, 0.29) is 13.0 Å². The Labute approximate surface area is 193 Å². The minimum absolute atomic E-state index is 0.0920. The van der Waals surface area contributed by atoms with Crippen LogP contribution in [0, 0.1) is 0 Å². The number of benzene rings is 1. The Hall–Kier alpha value is -3.16. The average Bonchev–Trinajstić information content (AvgIpc) is 2.79. The van der Waals surface area contributed by atoms with E-state index in [4.69, 9.17) is 13.6 Å². The van der Waals surface area contributed by atoms with E-state index in [9.17, 15) is 14.4 Å². The molecule has 2 rings (SSSR count). The zero-order chi connectivity index (χ0) is 25.7. The number of allylic oxidation sites excluding steroid dienone is 2. The fraction of sp³-hybridized carbons (Fsp3) is 0.500. The number of guanidine groups is 1. The lowest BCUT2D eigenvalue weighted by Crippen LogP contribution is -2.45. The van der Waals surface area contributed by atoms with Gasteiger partial charge in [-0.25, -0.2) is 4.79 Å². The maximum atomic E-state index is 12.5. The van der Waals surface area contributed by atoms with E-state index in [1.165, 1.54) is 0 Å². The lowest BCUT2D eigenvalue weighted by atomic mass is 10.1. The van der Waals surface area contributed by atoms with Crippen LogP contribution >= 0.6 is 0 Å². The lowest BCUT2D eigenvalue weighted by molar-refractivity contribution is -0.148. The van der Waals surface area contributed by atoms with Gasteiger partial charge in [-0.3, -0.25) is 14.9 Å². The number of hydrogen-bond acceptors (Lipinski definition) is 5. The van der Waals surface area contributed by atoms with Crippen LogP contribution in [0.3, 0.4) is 0 Å². The molecule has 1 heterocycles. The molecule has 174 valence electrons. The third-order valence-corrected chi connectivity index (χ3v) is 4.70. The summed E-state index contributed by atoms with van der Waals surface area (Å²) in [6, 6.07) is 8.86. The van der Waals surface area contributed by atoms with Gasteiger partial charge in [0, 0.05) is 17.5 Å². The molecule has 0 bridgehead atoms. The summed E-state index contributed by atoms with van der Waals surface area (Å²) in [6.07, 6.45) is 7.12. The minimum atomic E-state index is -2.89. The molecule has 1 N–H and O–H groups in total. The topological polar surface area (TPSA) is 97.3 Å². The van der Waals surface area contributed by atoms with Crippen LogP contribution in [0.2, 0.25) is 0 Å². The van der Waals surface area contributed by atoms with Crippen LogP contribution in [0.4, 0.5) is 4.79 Å². The van der Waals surface area contributed by atoms with Gasteiger partial charge in [0.25, 0.3) is 0 Å². The summed E-state index contributed by atoms with van der Waals surface area (Å²) < 4.78 is 34.1. The molecular weight excluding hydrogens is 410 g/mol. The average molecular weight is 447 g/mol. The molecule has 1 atom stereocenters. The molecule has 1 aliphatic rings. The Bertz CT molecular complexity index is 903. The molecule has 1 aromatic rings. The highest BCUT2D eigenvalue weighted by Crippen LogP contribution is 2.08. The quantitative estimate of drug-likeness (QED) is 0.546. The van der Waals surface area contributed by atoms with Crippen molar-refractivity contribution in [3.63, 3.8) is 0 Å². The summed E-state index contributed by atoms with van der Waals surface area (Å²) in [5.74, 6) is -1.92. The number of rotatable bonds is 2. The molecule has 1 aliphatic heterocycles. The van der Waals surface area contributed by atoms with Gasteiger partial charge in [0.15, 0.2) is 0 Å². The van der Waals surface area contributed by atoms with Gasteiger partial charge >= 0.3 is 12.1 Å². The van der Waals surface area contributed by atoms with Crippen LogP contribution in [-0.2, 0) is 25.7 Å². The first-order chi connectivity index (χ1) is 16.6. The molecule has 2 amide bonds. The van der Waals surface area contributed by atoms with Gasteiger partial charge < -0.3 is 14.4 Å². The fourth-order valence-electron chi connectivity index (χ4n) is 3.01. The molecule has 0 fully saturated rings. The number of nitrogens with one attached hydrogen (secondary N) is 1. The molecule has 8 heteroatoms. The second-order valence-electron chi connectivity index (χ2n) is 7.56. The highest BCUT2D eigenvalue weighted by molar-refractivity contribution is 6.01. The Balaban J connectivity index is 2.25.